The molecule has 26 heavy (non-hydrogen) atoms. The van der Waals surface area contributed by atoms with E-state index in [1.54, 1.807) is 31.4 Å². The minimum atomic E-state index is -0.540. The summed E-state index contributed by atoms with van der Waals surface area (Å²) in [6.07, 6.45) is 0.420. The van der Waals surface area contributed by atoms with Gasteiger partial charge in [-0.15, -0.1) is 10.2 Å². The number of rotatable bonds is 6. The number of methoxy groups -OCH3 is 1. The number of halogens is 2. The van der Waals surface area contributed by atoms with Crippen molar-refractivity contribution in [1.29, 1.82) is 0 Å². The van der Waals surface area contributed by atoms with Gasteiger partial charge in [-0.1, -0.05) is 11.6 Å². The molecule has 0 aliphatic rings. The molecule has 0 fully saturated rings. The van der Waals surface area contributed by atoms with Gasteiger partial charge in [0.15, 0.2) is 0 Å². The van der Waals surface area contributed by atoms with Gasteiger partial charge in [-0.3, -0.25) is 4.79 Å². The molecule has 1 N–H and O–H groups in total. The lowest BCUT2D eigenvalue weighted by molar-refractivity contribution is -0.116. The fourth-order valence-electron chi connectivity index (χ4n) is 2.22. The van der Waals surface area contributed by atoms with Crippen molar-refractivity contribution in [2.45, 2.75) is 12.8 Å². The molecule has 0 bridgehead atoms. The maximum absolute atomic E-state index is 13.1. The number of aryl methyl sites for hydroxylation is 1. The first kappa shape index (κ1) is 17.9. The van der Waals surface area contributed by atoms with Gasteiger partial charge in [0.05, 0.1) is 12.1 Å². The van der Waals surface area contributed by atoms with Gasteiger partial charge in [0, 0.05) is 24.1 Å². The molecule has 6 nitrogen and oxygen atoms in total. The molecule has 0 aliphatic heterocycles. The average Bonchev–Trinajstić information content (AvgIpc) is 3.12. The molecule has 1 aromatic heterocycles. The number of ether oxygens (including phenoxy) is 1. The number of benzene rings is 2. The molecule has 134 valence electrons. The fourth-order valence-corrected chi connectivity index (χ4v) is 2.40. The van der Waals surface area contributed by atoms with Gasteiger partial charge in [-0.05, 0) is 42.5 Å². The van der Waals surface area contributed by atoms with E-state index in [-0.39, 0.29) is 23.8 Å². The molecular weight excluding hydrogens is 361 g/mol. The molecule has 3 aromatic rings. The second kappa shape index (κ2) is 7.97. The Labute approximate surface area is 154 Å². The van der Waals surface area contributed by atoms with Crippen LogP contribution in [-0.2, 0) is 11.2 Å². The van der Waals surface area contributed by atoms with Crippen LogP contribution in [0.15, 0.2) is 46.9 Å². The van der Waals surface area contributed by atoms with Crippen LogP contribution >= 0.6 is 11.6 Å². The summed E-state index contributed by atoms with van der Waals surface area (Å²) in [4.78, 5) is 12.0. The smallest absolute Gasteiger partial charge is 0.247 e. The van der Waals surface area contributed by atoms with Gasteiger partial charge in [-0.25, -0.2) is 4.39 Å². The Kier molecular flexibility index (Phi) is 5.48. The van der Waals surface area contributed by atoms with Gasteiger partial charge in [0.2, 0.25) is 17.7 Å². The first-order valence-corrected chi connectivity index (χ1v) is 8.14. The van der Waals surface area contributed by atoms with Crippen molar-refractivity contribution in [1.82, 2.24) is 10.2 Å². The molecule has 0 saturated carbocycles. The van der Waals surface area contributed by atoms with Crippen molar-refractivity contribution in [2.24, 2.45) is 0 Å². The van der Waals surface area contributed by atoms with Gasteiger partial charge < -0.3 is 14.5 Å². The quantitative estimate of drug-likeness (QED) is 0.701. The summed E-state index contributed by atoms with van der Waals surface area (Å²) in [5, 5.41) is 10.5. The second-order valence-electron chi connectivity index (χ2n) is 5.41. The normalized spacial score (nSPS) is 10.6. The zero-order valence-electron chi connectivity index (χ0n) is 13.8. The summed E-state index contributed by atoms with van der Waals surface area (Å²) in [6, 6.07) is 11.2. The maximum Gasteiger partial charge on any atom is 0.247 e. The summed E-state index contributed by atoms with van der Waals surface area (Å²) >= 11 is 5.68. The highest BCUT2D eigenvalue weighted by Crippen LogP contribution is 2.22. The van der Waals surface area contributed by atoms with Crippen LogP contribution < -0.4 is 10.1 Å². The van der Waals surface area contributed by atoms with Crippen molar-refractivity contribution >= 4 is 23.2 Å². The SMILES string of the molecule is COc1ccc(-c2nnc(CCC(=O)Nc3ccc(F)c(Cl)c3)o2)cc1. The van der Waals surface area contributed by atoms with Crippen LogP contribution in [0.2, 0.25) is 5.02 Å². The molecule has 0 radical (unpaired) electrons. The predicted molar refractivity (Wildman–Crippen MR) is 94.6 cm³/mol. The molecule has 0 saturated heterocycles. The zero-order valence-corrected chi connectivity index (χ0v) is 14.6. The van der Waals surface area contributed by atoms with Crippen molar-refractivity contribution < 1.29 is 18.3 Å². The number of amides is 1. The Hall–Kier alpha value is -2.93. The third-order valence-corrected chi connectivity index (χ3v) is 3.86. The second-order valence-corrected chi connectivity index (χ2v) is 5.81. The Balaban J connectivity index is 1.56. The summed E-state index contributed by atoms with van der Waals surface area (Å²) in [6.45, 7) is 0. The van der Waals surface area contributed by atoms with Crippen LogP contribution in [0.25, 0.3) is 11.5 Å². The minimum absolute atomic E-state index is 0.0520. The van der Waals surface area contributed by atoms with Crippen LogP contribution in [0.4, 0.5) is 10.1 Å². The largest absolute Gasteiger partial charge is 0.497 e. The minimum Gasteiger partial charge on any atom is -0.497 e. The highest BCUT2D eigenvalue weighted by Gasteiger charge is 2.11. The Morgan fingerprint density at radius 1 is 1.23 bits per heavy atom. The Morgan fingerprint density at radius 3 is 2.69 bits per heavy atom. The molecule has 2 aromatic carbocycles. The van der Waals surface area contributed by atoms with Crippen LogP contribution in [0.1, 0.15) is 12.3 Å². The van der Waals surface area contributed by atoms with E-state index in [9.17, 15) is 9.18 Å². The number of hydrogen-bond donors (Lipinski definition) is 1. The van der Waals surface area contributed by atoms with E-state index < -0.39 is 5.82 Å². The lowest BCUT2D eigenvalue weighted by atomic mass is 10.2. The van der Waals surface area contributed by atoms with Gasteiger partial charge >= 0.3 is 0 Å². The summed E-state index contributed by atoms with van der Waals surface area (Å²) < 4.78 is 23.8. The van der Waals surface area contributed by atoms with Crippen molar-refractivity contribution in [2.75, 3.05) is 12.4 Å². The van der Waals surface area contributed by atoms with Crippen molar-refractivity contribution in [3.8, 4) is 17.2 Å². The molecule has 0 spiro atoms. The molecule has 1 heterocycles. The number of nitrogens with zero attached hydrogens (tertiary/aromatic N) is 2. The zero-order chi connectivity index (χ0) is 18.5. The van der Waals surface area contributed by atoms with Crippen LogP contribution in [-0.4, -0.2) is 23.2 Å². The van der Waals surface area contributed by atoms with E-state index in [0.29, 0.717) is 17.5 Å². The monoisotopic (exact) mass is 375 g/mol. The third kappa shape index (κ3) is 4.37. The molecule has 0 aliphatic carbocycles. The molecule has 0 unspecified atom stereocenters. The summed E-state index contributed by atoms with van der Waals surface area (Å²) in [7, 11) is 1.59. The standard InChI is InChI=1S/C18H15ClFN3O3/c1-25-13-5-2-11(3-6-13)18-23-22-17(26-18)9-8-16(24)21-12-4-7-15(20)14(19)10-12/h2-7,10H,8-9H2,1H3,(H,21,24). The Morgan fingerprint density at radius 2 is 2.00 bits per heavy atom. The van der Waals surface area contributed by atoms with Crippen LogP contribution in [0, 0.1) is 5.82 Å². The number of carbonyl (C=O) groups is 1. The number of hydrogen-bond acceptors (Lipinski definition) is 5. The first-order valence-electron chi connectivity index (χ1n) is 7.77. The first-order chi connectivity index (χ1) is 12.5. The van der Waals surface area contributed by atoms with E-state index in [1.165, 1.54) is 18.2 Å². The third-order valence-electron chi connectivity index (χ3n) is 3.57. The predicted octanol–water partition coefficient (Wildman–Crippen LogP) is 4.11. The van der Waals surface area contributed by atoms with E-state index in [0.717, 1.165) is 11.3 Å². The van der Waals surface area contributed by atoms with Crippen LogP contribution in [0.3, 0.4) is 0 Å². The lowest BCUT2D eigenvalue weighted by Gasteiger charge is -2.05. The van der Waals surface area contributed by atoms with E-state index in [1.807, 2.05) is 0 Å². The highest BCUT2D eigenvalue weighted by atomic mass is 35.5. The Bertz CT molecular complexity index is 912. The van der Waals surface area contributed by atoms with Crippen molar-refractivity contribution in [3.63, 3.8) is 0 Å². The molecule has 0 atom stereocenters. The topological polar surface area (TPSA) is 77.2 Å². The fraction of sp³-hybridized carbons (Fsp3) is 0.167. The van der Waals surface area contributed by atoms with Gasteiger partial charge in [0.25, 0.3) is 0 Å². The molecule has 3 rings (SSSR count). The lowest BCUT2D eigenvalue weighted by Crippen LogP contribution is -2.12. The van der Waals surface area contributed by atoms with Crippen molar-refractivity contribution in [3.05, 3.63) is 59.2 Å². The molecule has 8 heteroatoms. The number of carbonyl (C=O) groups excluding carboxylic acids is 1. The molecule has 1 amide bonds. The van der Waals surface area contributed by atoms with E-state index in [4.69, 9.17) is 20.8 Å². The van der Waals surface area contributed by atoms with E-state index >= 15 is 0 Å². The summed E-state index contributed by atoms with van der Waals surface area (Å²) in [5.41, 5.74) is 1.18. The van der Waals surface area contributed by atoms with Gasteiger partial charge in [0.1, 0.15) is 11.6 Å². The average molecular weight is 376 g/mol. The highest BCUT2D eigenvalue weighted by molar-refractivity contribution is 6.31. The molecular formula is C18H15ClFN3O3. The number of aromatic nitrogens is 2. The maximum atomic E-state index is 13.1. The van der Waals surface area contributed by atoms with Gasteiger partial charge in [-0.2, -0.15) is 0 Å². The van der Waals surface area contributed by atoms with Crippen LogP contribution in [0.5, 0.6) is 5.75 Å². The number of anilines is 1. The van der Waals surface area contributed by atoms with E-state index in [2.05, 4.69) is 15.5 Å². The summed E-state index contributed by atoms with van der Waals surface area (Å²) in [5.74, 6) is 0.640. The number of nitrogens with one attached hydrogen (secondary N) is 1.